The highest BCUT2D eigenvalue weighted by Crippen LogP contribution is 2.26. The standard InChI is InChI=1S/C12H15BrN4O3S/c13-10-2-1-9(5-11(10)14)21(19,20)16-3-4-17-8(7-16)6-15-12(17)18/h1-2,5,8H,3-4,6-7,14H2,(H,15,18). The number of piperazine rings is 1. The molecule has 3 rings (SSSR count). The van der Waals surface area contributed by atoms with Crippen LogP contribution in [0, 0.1) is 0 Å². The Morgan fingerprint density at radius 3 is 2.81 bits per heavy atom. The SMILES string of the molecule is Nc1cc(S(=O)(=O)N2CCN3C(=O)NCC3C2)ccc1Br. The van der Waals surface area contributed by atoms with E-state index in [-0.39, 0.29) is 17.0 Å². The normalized spacial score (nSPS) is 23.0. The molecule has 0 radical (unpaired) electrons. The fraction of sp³-hybridized carbons (Fsp3) is 0.417. The summed E-state index contributed by atoms with van der Waals surface area (Å²) in [6.45, 7) is 1.48. The lowest BCUT2D eigenvalue weighted by Gasteiger charge is -2.35. The number of nitrogens with two attached hydrogens (primary N) is 1. The topological polar surface area (TPSA) is 95.7 Å². The van der Waals surface area contributed by atoms with E-state index in [1.807, 2.05) is 0 Å². The van der Waals surface area contributed by atoms with Gasteiger partial charge < -0.3 is 16.0 Å². The van der Waals surface area contributed by atoms with Gasteiger partial charge in [-0.15, -0.1) is 0 Å². The molecule has 1 atom stereocenters. The number of sulfonamides is 1. The minimum atomic E-state index is -3.59. The van der Waals surface area contributed by atoms with Crippen LogP contribution in [0.5, 0.6) is 0 Å². The molecule has 1 aromatic carbocycles. The molecule has 1 unspecified atom stereocenters. The van der Waals surface area contributed by atoms with Gasteiger partial charge in [-0.1, -0.05) is 0 Å². The molecular formula is C12H15BrN4O3S. The number of amides is 2. The monoisotopic (exact) mass is 374 g/mol. The van der Waals surface area contributed by atoms with Gasteiger partial charge in [-0.05, 0) is 34.1 Å². The van der Waals surface area contributed by atoms with E-state index < -0.39 is 10.0 Å². The summed E-state index contributed by atoms with van der Waals surface area (Å²) in [5.41, 5.74) is 6.14. The van der Waals surface area contributed by atoms with E-state index in [9.17, 15) is 13.2 Å². The van der Waals surface area contributed by atoms with Crippen LogP contribution in [0.3, 0.4) is 0 Å². The van der Waals surface area contributed by atoms with Crippen LogP contribution in [0.15, 0.2) is 27.6 Å². The predicted molar refractivity (Wildman–Crippen MR) is 81.2 cm³/mol. The lowest BCUT2D eigenvalue weighted by atomic mass is 10.2. The summed E-state index contributed by atoms with van der Waals surface area (Å²) in [6.07, 6.45) is 0. The van der Waals surface area contributed by atoms with Gasteiger partial charge in [0.05, 0.1) is 10.9 Å². The van der Waals surface area contributed by atoms with Crippen molar-refractivity contribution in [3.05, 3.63) is 22.7 Å². The molecule has 0 saturated carbocycles. The maximum atomic E-state index is 12.7. The van der Waals surface area contributed by atoms with Gasteiger partial charge in [0.15, 0.2) is 0 Å². The highest BCUT2D eigenvalue weighted by atomic mass is 79.9. The van der Waals surface area contributed by atoms with E-state index in [1.165, 1.54) is 16.4 Å². The zero-order valence-corrected chi connectivity index (χ0v) is 13.5. The van der Waals surface area contributed by atoms with Gasteiger partial charge in [-0.2, -0.15) is 4.31 Å². The number of carbonyl (C=O) groups is 1. The van der Waals surface area contributed by atoms with Crippen LogP contribution in [0.25, 0.3) is 0 Å². The van der Waals surface area contributed by atoms with Gasteiger partial charge in [0, 0.05) is 36.3 Å². The first-order valence-corrected chi connectivity index (χ1v) is 8.72. The Labute approximate surface area is 131 Å². The lowest BCUT2D eigenvalue weighted by molar-refractivity contribution is 0.164. The van der Waals surface area contributed by atoms with Crippen molar-refractivity contribution < 1.29 is 13.2 Å². The Balaban J connectivity index is 1.85. The van der Waals surface area contributed by atoms with E-state index in [0.29, 0.717) is 36.3 Å². The van der Waals surface area contributed by atoms with Gasteiger partial charge in [-0.25, -0.2) is 13.2 Å². The summed E-state index contributed by atoms with van der Waals surface area (Å²) in [5.74, 6) is 0. The first-order chi connectivity index (χ1) is 9.89. The van der Waals surface area contributed by atoms with Crippen molar-refractivity contribution in [3.8, 4) is 0 Å². The van der Waals surface area contributed by atoms with E-state index in [0.717, 1.165) is 0 Å². The van der Waals surface area contributed by atoms with Crippen molar-refractivity contribution >= 4 is 37.7 Å². The molecule has 2 aliphatic heterocycles. The molecule has 2 aliphatic rings. The van der Waals surface area contributed by atoms with Gasteiger partial charge in [0.1, 0.15) is 0 Å². The Bertz CT molecular complexity index is 694. The van der Waals surface area contributed by atoms with Gasteiger partial charge >= 0.3 is 6.03 Å². The van der Waals surface area contributed by atoms with Crippen molar-refractivity contribution in [2.24, 2.45) is 0 Å². The third-order valence-electron chi connectivity index (χ3n) is 3.80. The van der Waals surface area contributed by atoms with Crippen LogP contribution >= 0.6 is 15.9 Å². The number of halogens is 1. The molecule has 0 spiro atoms. The van der Waals surface area contributed by atoms with E-state index in [1.54, 1.807) is 11.0 Å². The zero-order chi connectivity index (χ0) is 15.2. The number of anilines is 1. The van der Waals surface area contributed by atoms with Crippen molar-refractivity contribution in [1.29, 1.82) is 0 Å². The van der Waals surface area contributed by atoms with Crippen molar-refractivity contribution in [1.82, 2.24) is 14.5 Å². The van der Waals surface area contributed by atoms with Gasteiger partial charge in [0.25, 0.3) is 0 Å². The molecule has 0 bridgehead atoms. The highest BCUT2D eigenvalue weighted by molar-refractivity contribution is 9.10. The number of nitrogen functional groups attached to an aromatic ring is 1. The van der Waals surface area contributed by atoms with Crippen LogP contribution in [-0.4, -0.2) is 55.9 Å². The molecule has 1 aromatic rings. The third-order valence-corrected chi connectivity index (χ3v) is 6.38. The summed E-state index contributed by atoms with van der Waals surface area (Å²) in [5, 5.41) is 2.73. The summed E-state index contributed by atoms with van der Waals surface area (Å²) in [4.78, 5) is 13.4. The Kier molecular flexibility index (Phi) is 3.58. The molecule has 9 heteroatoms. The number of nitrogens with zero attached hydrogens (tertiary/aromatic N) is 2. The number of rotatable bonds is 2. The van der Waals surface area contributed by atoms with Crippen molar-refractivity contribution in [3.63, 3.8) is 0 Å². The van der Waals surface area contributed by atoms with E-state index >= 15 is 0 Å². The smallest absolute Gasteiger partial charge is 0.317 e. The minimum Gasteiger partial charge on any atom is -0.398 e. The molecule has 21 heavy (non-hydrogen) atoms. The second kappa shape index (κ2) is 5.15. The maximum Gasteiger partial charge on any atom is 0.317 e. The molecular weight excluding hydrogens is 360 g/mol. The first-order valence-electron chi connectivity index (χ1n) is 6.49. The van der Waals surface area contributed by atoms with Crippen LogP contribution in [0.1, 0.15) is 0 Å². The Hall–Kier alpha value is -1.32. The number of hydrogen-bond donors (Lipinski definition) is 2. The average Bonchev–Trinajstić information content (AvgIpc) is 2.83. The fourth-order valence-electron chi connectivity index (χ4n) is 2.63. The van der Waals surface area contributed by atoms with E-state index in [4.69, 9.17) is 5.73 Å². The van der Waals surface area contributed by atoms with Crippen LogP contribution in [-0.2, 0) is 10.0 Å². The molecule has 2 saturated heterocycles. The number of carbonyl (C=O) groups excluding carboxylic acids is 1. The molecule has 3 N–H and O–H groups in total. The Morgan fingerprint density at radius 1 is 1.33 bits per heavy atom. The Morgan fingerprint density at radius 2 is 2.10 bits per heavy atom. The summed E-state index contributed by atoms with van der Waals surface area (Å²) < 4.78 is 27.4. The molecule has 0 aliphatic carbocycles. The molecule has 2 heterocycles. The third kappa shape index (κ3) is 2.49. The van der Waals surface area contributed by atoms with Crippen molar-refractivity contribution in [2.45, 2.75) is 10.9 Å². The number of urea groups is 1. The molecule has 2 amide bonds. The van der Waals surface area contributed by atoms with Gasteiger partial charge in [0.2, 0.25) is 10.0 Å². The molecule has 7 nitrogen and oxygen atoms in total. The van der Waals surface area contributed by atoms with Crippen LogP contribution in [0.2, 0.25) is 0 Å². The minimum absolute atomic E-state index is 0.103. The summed E-state index contributed by atoms with van der Waals surface area (Å²) in [7, 11) is -3.59. The van der Waals surface area contributed by atoms with Crippen LogP contribution < -0.4 is 11.1 Å². The molecule has 0 aromatic heterocycles. The second-order valence-electron chi connectivity index (χ2n) is 5.08. The summed E-state index contributed by atoms with van der Waals surface area (Å²) >= 11 is 3.25. The highest BCUT2D eigenvalue weighted by Gasteiger charge is 2.39. The number of nitrogens with one attached hydrogen (secondary N) is 1. The second-order valence-corrected chi connectivity index (χ2v) is 7.87. The number of fused-ring (bicyclic) bond motifs is 1. The van der Waals surface area contributed by atoms with Gasteiger partial charge in [-0.3, -0.25) is 0 Å². The lowest BCUT2D eigenvalue weighted by Crippen LogP contribution is -2.53. The fourth-order valence-corrected chi connectivity index (χ4v) is 4.38. The van der Waals surface area contributed by atoms with Crippen molar-refractivity contribution in [2.75, 3.05) is 31.9 Å². The zero-order valence-electron chi connectivity index (χ0n) is 11.1. The maximum absolute atomic E-state index is 12.7. The van der Waals surface area contributed by atoms with Crippen LogP contribution in [0.4, 0.5) is 10.5 Å². The van der Waals surface area contributed by atoms with E-state index in [2.05, 4.69) is 21.2 Å². The molecule has 114 valence electrons. The number of benzene rings is 1. The quantitative estimate of drug-likeness (QED) is 0.733. The average molecular weight is 375 g/mol. The number of hydrogen-bond acceptors (Lipinski definition) is 4. The predicted octanol–water partition coefficient (Wildman–Crippen LogP) is 0.429. The molecule has 2 fully saturated rings. The largest absolute Gasteiger partial charge is 0.398 e. The first kappa shape index (κ1) is 14.6. The summed E-state index contributed by atoms with van der Waals surface area (Å²) in [6, 6.07) is 4.38.